The van der Waals surface area contributed by atoms with Crippen molar-refractivity contribution < 1.29 is 32.8 Å². The van der Waals surface area contributed by atoms with Gasteiger partial charge in [-0.1, -0.05) is 212 Å². The molecule has 1 unspecified atom stereocenters. The Balaban J connectivity index is 3.94. The van der Waals surface area contributed by atoms with Gasteiger partial charge in [-0.3, -0.25) is 13.8 Å². The lowest BCUT2D eigenvalue weighted by molar-refractivity contribution is -0.154. The molecule has 0 rings (SSSR count). The molecular weight excluding hydrogens is 721 g/mol. The lowest BCUT2D eigenvalue weighted by Gasteiger charge is -2.20. The molecule has 0 aliphatic rings. The van der Waals surface area contributed by atoms with Crippen LogP contribution in [-0.4, -0.2) is 49.9 Å². The number of carbonyl (C=O) groups excluding carboxylic acids is 1. The van der Waals surface area contributed by atoms with Crippen molar-refractivity contribution in [2.75, 3.05) is 33.0 Å². The molecule has 0 aromatic rings. The molecule has 3 N–H and O–H groups in total. The second-order valence-electron chi connectivity index (χ2n) is 16.3. The number of allylic oxidation sites excluding steroid dienone is 2. The van der Waals surface area contributed by atoms with E-state index in [9.17, 15) is 14.3 Å². The third-order valence-corrected chi connectivity index (χ3v) is 11.7. The molecule has 0 radical (unpaired) electrons. The van der Waals surface area contributed by atoms with Gasteiger partial charge in [0.1, 0.15) is 6.10 Å². The number of unbranched alkanes of at least 4 members (excludes halogenated alkanes) is 32. The van der Waals surface area contributed by atoms with Gasteiger partial charge in [-0.2, -0.15) is 0 Å². The lowest BCUT2D eigenvalue weighted by Crippen LogP contribution is -2.28. The first-order valence-electron chi connectivity index (χ1n) is 24.2. The van der Waals surface area contributed by atoms with Crippen molar-refractivity contribution in [3.8, 4) is 0 Å². The molecule has 0 aliphatic heterocycles. The predicted molar refractivity (Wildman–Crippen MR) is 238 cm³/mol. The molecule has 0 fully saturated rings. The van der Waals surface area contributed by atoms with Gasteiger partial charge in [-0.15, -0.1) is 0 Å². The first kappa shape index (κ1) is 55.2. The highest BCUT2D eigenvalue weighted by molar-refractivity contribution is 7.47. The van der Waals surface area contributed by atoms with Crippen LogP contribution >= 0.6 is 7.82 Å². The maximum absolute atomic E-state index is 12.6. The van der Waals surface area contributed by atoms with Gasteiger partial charge in [0.15, 0.2) is 0 Å². The van der Waals surface area contributed by atoms with Crippen molar-refractivity contribution >= 4 is 13.8 Å². The topological polar surface area (TPSA) is 117 Å². The van der Waals surface area contributed by atoms with Crippen LogP contribution in [0.1, 0.15) is 245 Å². The van der Waals surface area contributed by atoms with Crippen molar-refractivity contribution in [3.63, 3.8) is 0 Å². The molecule has 0 aliphatic carbocycles. The van der Waals surface area contributed by atoms with E-state index in [2.05, 4.69) is 26.0 Å². The Hall–Kier alpha value is -0.760. The highest BCUT2D eigenvalue weighted by Crippen LogP contribution is 2.43. The molecule has 8 nitrogen and oxygen atoms in total. The van der Waals surface area contributed by atoms with E-state index in [-0.39, 0.29) is 32.3 Å². The van der Waals surface area contributed by atoms with Crippen molar-refractivity contribution in [2.45, 2.75) is 251 Å². The fourth-order valence-electron chi connectivity index (χ4n) is 7.11. The molecule has 0 saturated carbocycles. The van der Waals surface area contributed by atoms with Crippen molar-refractivity contribution in [3.05, 3.63) is 12.2 Å². The third kappa shape index (κ3) is 44.3. The van der Waals surface area contributed by atoms with Crippen LogP contribution in [0.25, 0.3) is 0 Å². The van der Waals surface area contributed by atoms with Gasteiger partial charge in [0.05, 0.1) is 19.8 Å². The maximum atomic E-state index is 12.6. The van der Waals surface area contributed by atoms with E-state index in [4.69, 9.17) is 24.3 Å². The number of esters is 1. The summed E-state index contributed by atoms with van der Waals surface area (Å²) in [6.07, 6.45) is 49.5. The van der Waals surface area contributed by atoms with Gasteiger partial charge in [0.2, 0.25) is 0 Å². The summed E-state index contributed by atoms with van der Waals surface area (Å²) >= 11 is 0. The fourth-order valence-corrected chi connectivity index (χ4v) is 7.88. The van der Waals surface area contributed by atoms with E-state index < -0.39 is 13.9 Å². The van der Waals surface area contributed by atoms with Crippen LogP contribution in [0.3, 0.4) is 0 Å². The standard InChI is InChI=1S/C47H94NO7P/c1-3-5-7-9-11-13-15-17-19-21-23-24-26-28-30-32-34-36-38-40-47(49)55-46(45-54-56(50,51)53-43-41-48)44-52-42-39-37-35-33-31-29-27-25-22-20-18-16-14-12-10-8-6-4-2/h21,23,46H,3-20,22,24-45,48H2,1-2H3,(H,50,51)/b23-21-/t46-/m1/s1. The number of rotatable bonds is 47. The highest BCUT2D eigenvalue weighted by Gasteiger charge is 2.25. The van der Waals surface area contributed by atoms with Crippen molar-refractivity contribution in [1.29, 1.82) is 0 Å². The Morgan fingerprint density at radius 3 is 1.30 bits per heavy atom. The molecular formula is C47H94NO7P. The fraction of sp³-hybridized carbons (Fsp3) is 0.936. The smallest absolute Gasteiger partial charge is 0.457 e. The molecule has 0 saturated heterocycles. The zero-order chi connectivity index (χ0) is 40.9. The lowest BCUT2D eigenvalue weighted by atomic mass is 10.0. The van der Waals surface area contributed by atoms with Gasteiger partial charge < -0.3 is 20.1 Å². The Morgan fingerprint density at radius 2 is 0.893 bits per heavy atom. The molecule has 0 aromatic carbocycles. The van der Waals surface area contributed by atoms with Crippen LogP contribution in [0.2, 0.25) is 0 Å². The second-order valence-corrected chi connectivity index (χ2v) is 17.8. The Morgan fingerprint density at radius 1 is 0.518 bits per heavy atom. The van der Waals surface area contributed by atoms with Crippen LogP contribution in [-0.2, 0) is 27.9 Å². The van der Waals surface area contributed by atoms with Gasteiger partial charge >= 0.3 is 13.8 Å². The molecule has 0 heterocycles. The normalized spacial score (nSPS) is 13.4. The largest absolute Gasteiger partial charge is 0.472 e. The van der Waals surface area contributed by atoms with Crippen LogP contribution in [0.5, 0.6) is 0 Å². The second kappa shape index (κ2) is 45.3. The van der Waals surface area contributed by atoms with Crippen LogP contribution in [0.4, 0.5) is 0 Å². The monoisotopic (exact) mass is 816 g/mol. The summed E-state index contributed by atoms with van der Waals surface area (Å²) in [5, 5.41) is 0. The predicted octanol–water partition coefficient (Wildman–Crippen LogP) is 14.6. The van der Waals surface area contributed by atoms with E-state index in [0.717, 1.165) is 32.1 Å². The SMILES string of the molecule is CCCCCCCCCC/C=C\CCCCCCCCCC(=O)O[C@H](COCCCCCCCCCCCCCCCCCCCC)COP(=O)(O)OCCN. The van der Waals surface area contributed by atoms with E-state index in [1.165, 1.54) is 193 Å². The average Bonchev–Trinajstić information content (AvgIpc) is 3.19. The summed E-state index contributed by atoms with van der Waals surface area (Å²) in [5.41, 5.74) is 5.38. The summed E-state index contributed by atoms with van der Waals surface area (Å²) in [4.78, 5) is 22.5. The minimum atomic E-state index is -4.28. The third-order valence-electron chi connectivity index (χ3n) is 10.7. The Kier molecular flexibility index (Phi) is 44.7. The molecule has 56 heavy (non-hydrogen) atoms. The molecule has 0 amide bonds. The number of nitrogens with two attached hydrogens (primary N) is 1. The van der Waals surface area contributed by atoms with Crippen LogP contribution < -0.4 is 5.73 Å². The van der Waals surface area contributed by atoms with Gasteiger partial charge in [-0.25, -0.2) is 4.57 Å². The summed E-state index contributed by atoms with van der Waals surface area (Å²) in [6.45, 7) is 4.98. The molecule has 0 aromatic heterocycles. The number of ether oxygens (including phenoxy) is 2. The quantitative estimate of drug-likeness (QED) is 0.0270. The molecule has 9 heteroatoms. The van der Waals surface area contributed by atoms with Crippen LogP contribution in [0.15, 0.2) is 12.2 Å². The number of phosphoric ester groups is 1. The molecule has 2 atom stereocenters. The van der Waals surface area contributed by atoms with Gasteiger partial charge in [-0.05, 0) is 38.5 Å². The van der Waals surface area contributed by atoms with Crippen molar-refractivity contribution in [1.82, 2.24) is 0 Å². The minimum Gasteiger partial charge on any atom is -0.457 e. The van der Waals surface area contributed by atoms with Crippen molar-refractivity contribution in [2.24, 2.45) is 5.73 Å². The zero-order valence-electron chi connectivity index (χ0n) is 37.1. The van der Waals surface area contributed by atoms with E-state index in [1.807, 2.05) is 0 Å². The van der Waals surface area contributed by atoms with Gasteiger partial charge in [0, 0.05) is 19.6 Å². The number of hydrogen-bond acceptors (Lipinski definition) is 7. The maximum Gasteiger partial charge on any atom is 0.472 e. The summed E-state index contributed by atoms with van der Waals surface area (Å²) in [6, 6.07) is 0. The Bertz CT molecular complexity index is 873. The van der Waals surface area contributed by atoms with E-state index in [0.29, 0.717) is 13.0 Å². The van der Waals surface area contributed by atoms with E-state index in [1.54, 1.807) is 0 Å². The first-order chi connectivity index (χ1) is 27.4. The number of hydrogen-bond donors (Lipinski definition) is 2. The minimum absolute atomic E-state index is 0.0927. The average molecular weight is 816 g/mol. The van der Waals surface area contributed by atoms with E-state index >= 15 is 0 Å². The first-order valence-corrected chi connectivity index (χ1v) is 25.7. The molecule has 0 spiro atoms. The summed E-state index contributed by atoms with van der Waals surface area (Å²) in [7, 11) is -4.28. The number of carbonyl (C=O) groups is 1. The molecule has 0 bridgehead atoms. The zero-order valence-corrected chi connectivity index (χ0v) is 38.0. The van der Waals surface area contributed by atoms with Crippen LogP contribution in [0, 0.1) is 0 Å². The Labute approximate surface area is 347 Å². The highest BCUT2D eigenvalue weighted by atomic mass is 31.2. The van der Waals surface area contributed by atoms with Gasteiger partial charge in [0.25, 0.3) is 0 Å². The summed E-state index contributed by atoms with van der Waals surface area (Å²) < 4.78 is 33.5. The molecule has 334 valence electrons. The summed E-state index contributed by atoms with van der Waals surface area (Å²) in [5.74, 6) is -0.329. The number of phosphoric acid groups is 1.